The summed E-state index contributed by atoms with van der Waals surface area (Å²) in [5.41, 5.74) is 4.75. The molecule has 0 N–H and O–H groups in total. The highest BCUT2D eigenvalue weighted by molar-refractivity contribution is 8.01. The van der Waals surface area contributed by atoms with Crippen LogP contribution in [0.1, 0.15) is 47.0 Å². The number of rotatable bonds is 4. The summed E-state index contributed by atoms with van der Waals surface area (Å²) in [6.45, 7) is 9.17. The molecule has 0 unspecified atom stereocenters. The van der Waals surface area contributed by atoms with Crippen LogP contribution in [0.3, 0.4) is 0 Å². The normalized spacial score (nSPS) is 21.3. The summed E-state index contributed by atoms with van der Waals surface area (Å²) >= 11 is 1.73. The van der Waals surface area contributed by atoms with E-state index in [9.17, 15) is 0 Å². The standard InChI is InChI=1S/C17H26S/c1-14(8-7-13-18-5)10-11-16-15(2)9-6-12-17(16,3)4/h7-8,10-11,13H,6,9,12H2,1-5H3/b11-10+,13-7+,14-8+. The summed E-state index contributed by atoms with van der Waals surface area (Å²) in [5, 5.41) is 2.10. The molecule has 0 amide bonds. The molecule has 0 heterocycles. The van der Waals surface area contributed by atoms with Crippen LogP contribution in [0.15, 0.2) is 46.4 Å². The Hall–Kier alpha value is -0.690. The molecule has 0 fully saturated rings. The van der Waals surface area contributed by atoms with Crippen molar-refractivity contribution < 1.29 is 0 Å². The molecule has 1 rings (SSSR count). The van der Waals surface area contributed by atoms with E-state index in [1.807, 2.05) is 0 Å². The fourth-order valence-electron chi connectivity index (χ4n) is 2.55. The Morgan fingerprint density at radius 3 is 2.67 bits per heavy atom. The van der Waals surface area contributed by atoms with E-state index in [-0.39, 0.29) is 0 Å². The van der Waals surface area contributed by atoms with Gasteiger partial charge in [0.25, 0.3) is 0 Å². The van der Waals surface area contributed by atoms with Crippen LogP contribution in [0, 0.1) is 5.41 Å². The van der Waals surface area contributed by atoms with E-state index in [0.717, 1.165) is 0 Å². The van der Waals surface area contributed by atoms with Gasteiger partial charge in [0.05, 0.1) is 0 Å². The maximum absolute atomic E-state index is 2.36. The molecule has 1 aliphatic rings. The van der Waals surface area contributed by atoms with Crippen molar-refractivity contribution in [2.45, 2.75) is 47.0 Å². The van der Waals surface area contributed by atoms with Gasteiger partial charge in [-0.25, -0.2) is 0 Å². The first-order valence-electron chi connectivity index (χ1n) is 6.72. The third-order valence-electron chi connectivity index (χ3n) is 3.63. The highest BCUT2D eigenvalue weighted by Gasteiger charge is 2.26. The van der Waals surface area contributed by atoms with E-state index in [1.54, 1.807) is 17.3 Å². The lowest BCUT2D eigenvalue weighted by Crippen LogP contribution is -2.19. The average molecular weight is 262 g/mol. The predicted molar refractivity (Wildman–Crippen MR) is 85.9 cm³/mol. The Balaban J connectivity index is 2.82. The maximum atomic E-state index is 2.36. The largest absolute Gasteiger partial charge is 0.138 e. The lowest BCUT2D eigenvalue weighted by molar-refractivity contribution is 0.377. The highest BCUT2D eigenvalue weighted by atomic mass is 32.2. The molecule has 1 aliphatic carbocycles. The molecule has 0 atom stereocenters. The molecule has 0 nitrogen and oxygen atoms in total. The van der Waals surface area contributed by atoms with Crippen molar-refractivity contribution in [1.29, 1.82) is 0 Å². The van der Waals surface area contributed by atoms with Gasteiger partial charge in [-0.1, -0.05) is 49.3 Å². The Labute approximate surface area is 117 Å². The van der Waals surface area contributed by atoms with Crippen LogP contribution in [0.4, 0.5) is 0 Å². The second kappa shape index (κ2) is 7.04. The second-order valence-corrected chi connectivity index (χ2v) is 6.48. The van der Waals surface area contributed by atoms with E-state index in [4.69, 9.17) is 0 Å². The Morgan fingerprint density at radius 2 is 2.06 bits per heavy atom. The zero-order valence-corrected chi connectivity index (χ0v) is 13.2. The van der Waals surface area contributed by atoms with Gasteiger partial charge in [-0.3, -0.25) is 0 Å². The van der Waals surface area contributed by atoms with E-state index in [2.05, 4.69) is 63.7 Å². The fraction of sp³-hybridized carbons (Fsp3) is 0.529. The van der Waals surface area contributed by atoms with Crippen molar-refractivity contribution in [3.8, 4) is 0 Å². The van der Waals surface area contributed by atoms with Gasteiger partial charge in [0.1, 0.15) is 0 Å². The number of hydrogen-bond donors (Lipinski definition) is 0. The molecule has 1 heteroatoms. The van der Waals surface area contributed by atoms with Crippen LogP contribution < -0.4 is 0 Å². The molecule has 0 saturated heterocycles. The van der Waals surface area contributed by atoms with E-state index < -0.39 is 0 Å². The van der Waals surface area contributed by atoms with E-state index >= 15 is 0 Å². The van der Waals surface area contributed by atoms with Crippen molar-refractivity contribution in [3.63, 3.8) is 0 Å². The summed E-state index contributed by atoms with van der Waals surface area (Å²) in [6.07, 6.45) is 14.8. The molecule has 0 aromatic heterocycles. The third-order valence-corrected chi connectivity index (χ3v) is 4.06. The third kappa shape index (κ3) is 4.53. The molecule has 0 spiro atoms. The van der Waals surface area contributed by atoms with Gasteiger partial charge in [-0.15, -0.1) is 11.8 Å². The molecule has 18 heavy (non-hydrogen) atoms. The molecule has 0 aromatic rings. The zero-order chi connectivity index (χ0) is 13.6. The lowest BCUT2D eigenvalue weighted by Gasteiger charge is -2.32. The van der Waals surface area contributed by atoms with Crippen molar-refractivity contribution in [3.05, 3.63) is 46.4 Å². The van der Waals surface area contributed by atoms with Crippen molar-refractivity contribution >= 4 is 11.8 Å². The minimum atomic E-state index is 0.341. The SMILES string of the molecule is CS/C=C/C=C(C)/C=C/C1=C(C)CCCC1(C)C. The molecular formula is C17H26S. The molecule has 0 aliphatic heterocycles. The summed E-state index contributed by atoms with van der Waals surface area (Å²) < 4.78 is 0. The summed E-state index contributed by atoms with van der Waals surface area (Å²) in [7, 11) is 0. The molecule has 0 saturated carbocycles. The van der Waals surface area contributed by atoms with Crippen molar-refractivity contribution in [2.75, 3.05) is 6.26 Å². The molecule has 0 bridgehead atoms. The van der Waals surface area contributed by atoms with Crippen LogP contribution in [-0.4, -0.2) is 6.26 Å². The minimum Gasteiger partial charge on any atom is -0.138 e. The Morgan fingerprint density at radius 1 is 1.33 bits per heavy atom. The van der Waals surface area contributed by atoms with E-state index in [0.29, 0.717) is 5.41 Å². The highest BCUT2D eigenvalue weighted by Crippen LogP contribution is 2.40. The fourth-order valence-corrected chi connectivity index (χ4v) is 2.79. The Kier molecular flexibility index (Phi) is 6.01. The average Bonchev–Trinajstić information content (AvgIpc) is 2.28. The van der Waals surface area contributed by atoms with Gasteiger partial charge < -0.3 is 0 Å². The summed E-state index contributed by atoms with van der Waals surface area (Å²) in [5.74, 6) is 0. The van der Waals surface area contributed by atoms with Crippen molar-refractivity contribution in [2.24, 2.45) is 5.41 Å². The number of hydrogen-bond acceptors (Lipinski definition) is 1. The summed E-state index contributed by atoms with van der Waals surface area (Å²) in [6, 6.07) is 0. The van der Waals surface area contributed by atoms with Crippen LogP contribution in [0.25, 0.3) is 0 Å². The van der Waals surface area contributed by atoms with Crippen LogP contribution in [-0.2, 0) is 0 Å². The first kappa shape index (κ1) is 15.4. The molecule has 100 valence electrons. The predicted octanol–water partition coefficient (Wildman–Crippen LogP) is 5.89. The molecular weight excluding hydrogens is 236 g/mol. The van der Waals surface area contributed by atoms with Gasteiger partial charge in [0.15, 0.2) is 0 Å². The lowest BCUT2D eigenvalue weighted by atomic mass is 9.72. The van der Waals surface area contributed by atoms with Gasteiger partial charge in [-0.2, -0.15) is 0 Å². The quantitative estimate of drug-likeness (QED) is 0.569. The van der Waals surface area contributed by atoms with Crippen LogP contribution in [0.2, 0.25) is 0 Å². The monoisotopic (exact) mass is 262 g/mol. The topological polar surface area (TPSA) is 0 Å². The summed E-state index contributed by atoms with van der Waals surface area (Å²) in [4.78, 5) is 0. The van der Waals surface area contributed by atoms with E-state index in [1.165, 1.54) is 30.4 Å². The zero-order valence-electron chi connectivity index (χ0n) is 12.4. The smallest absolute Gasteiger partial charge is 0.0104 e. The van der Waals surface area contributed by atoms with Gasteiger partial charge in [0.2, 0.25) is 0 Å². The number of allylic oxidation sites excluding steroid dienone is 7. The van der Waals surface area contributed by atoms with Crippen molar-refractivity contribution in [1.82, 2.24) is 0 Å². The van der Waals surface area contributed by atoms with Gasteiger partial charge in [-0.05, 0) is 55.8 Å². The Bertz CT molecular complexity index is 392. The first-order chi connectivity index (χ1) is 8.47. The maximum Gasteiger partial charge on any atom is -0.0104 e. The minimum absolute atomic E-state index is 0.341. The second-order valence-electron chi connectivity index (χ2n) is 5.74. The van der Waals surface area contributed by atoms with Crippen LogP contribution in [0.5, 0.6) is 0 Å². The van der Waals surface area contributed by atoms with Gasteiger partial charge >= 0.3 is 0 Å². The van der Waals surface area contributed by atoms with Crippen LogP contribution >= 0.6 is 11.8 Å². The molecule has 0 radical (unpaired) electrons. The number of thioether (sulfide) groups is 1. The van der Waals surface area contributed by atoms with Gasteiger partial charge in [0, 0.05) is 0 Å². The molecule has 0 aromatic carbocycles. The first-order valence-corrected chi connectivity index (χ1v) is 8.00.